The summed E-state index contributed by atoms with van der Waals surface area (Å²) in [6.45, 7) is 1.03. The molecule has 0 aromatic carbocycles. The van der Waals surface area contributed by atoms with Crippen LogP contribution in [0.15, 0.2) is 0 Å². The number of hydrazine groups is 1. The van der Waals surface area contributed by atoms with Crippen LogP contribution in [0.1, 0.15) is 51.4 Å². The molecule has 0 unspecified atom stereocenters. The molecule has 0 fully saturated rings. The third-order valence-electron chi connectivity index (χ3n) is 2.22. The van der Waals surface area contributed by atoms with Crippen molar-refractivity contribution in [3.05, 3.63) is 0 Å². The maximum absolute atomic E-state index is 10.1. The first-order valence-corrected chi connectivity index (χ1v) is 5.43. The molecule has 0 spiro atoms. The number of unbranched alkanes of at least 4 members (excludes halogenated alkanes) is 7. The van der Waals surface area contributed by atoms with E-state index in [0.717, 1.165) is 19.4 Å². The Hall–Kier alpha value is -0.120. The highest BCUT2D eigenvalue weighted by Crippen LogP contribution is 2.07. The van der Waals surface area contributed by atoms with Crippen molar-refractivity contribution < 1.29 is 5.11 Å². The van der Waals surface area contributed by atoms with Crippen molar-refractivity contribution in [2.45, 2.75) is 51.4 Å². The summed E-state index contributed by atoms with van der Waals surface area (Å²) in [5.41, 5.74) is 2.65. The van der Waals surface area contributed by atoms with E-state index in [9.17, 15) is 5.11 Å². The number of nitrogens with two attached hydrogens (primary N) is 1. The molecule has 0 saturated carbocycles. The van der Waals surface area contributed by atoms with Crippen molar-refractivity contribution in [1.29, 1.82) is 0 Å². The maximum atomic E-state index is 10.1. The van der Waals surface area contributed by atoms with Gasteiger partial charge in [0.25, 0.3) is 0 Å². The predicted octanol–water partition coefficient (Wildman–Crippen LogP) is 2.00. The van der Waals surface area contributed by atoms with E-state index in [1.54, 1.807) is 0 Å². The first-order chi connectivity index (χ1) is 6.41. The van der Waals surface area contributed by atoms with E-state index in [1.807, 2.05) is 0 Å². The van der Waals surface area contributed by atoms with Gasteiger partial charge in [-0.05, 0) is 12.8 Å². The fourth-order valence-electron chi connectivity index (χ4n) is 1.39. The van der Waals surface area contributed by atoms with Crippen LogP contribution in [-0.2, 0) is 5.11 Å². The summed E-state index contributed by atoms with van der Waals surface area (Å²) in [6, 6.07) is 0. The first kappa shape index (κ1) is 12.9. The van der Waals surface area contributed by atoms with Crippen LogP contribution < -0.4 is 11.3 Å². The van der Waals surface area contributed by atoms with Gasteiger partial charge >= 0.3 is 0 Å². The van der Waals surface area contributed by atoms with Crippen LogP contribution in [0, 0.1) is 0 Å². The van der Waals surface area contributed by atoms with Crippen LogP contribution in [0.4, 0.5) is 0 Å². The fourth-order valence-corrected chi connectivity index (χ4v) is 1.39. The van der Waals surface area contributed by atoms with Crippen LogP contribution in [0.25, 0.3) is 0 Å². The molecule has 0 saturated heterocycles. The Kier molecular flexibility index (Phi) is 11.8. The van der Waals surface area contributed by atoms with Gasteiger partial charge in [0, 0.05) is 6.54 Å². The zero-order chi connectivity index (χ0) is 9.78. The van der Waals surface area contributed by atoms with Crippen molar-refractivity contribution in [2.24, 2.45) is 5.84 Å². The van der Waals surface area contributed by atoms with Gasteiger partial charge < -0.3 is 0 Å². The molecule has 3 heteroatoms. The van der Waals surface area contributed by atoms with Gasteiger partial charge in [-0.25, -0.2) is 5.11 Å². The van der Waals surface area contributed by atoms with E-state index in [0.29, 0.717) is 0 Å². The number of hydrogen-bond acceptors (Lipinski definition) is 2. The summed E-state index contributed by atoms with van der Waals surface area (Å²) >= 11 is 0. The molecule has 0 aliphatic carbocycles. The molecule has 79 valence electrons. The van der Waals surface area contributed by atoms with Gasteiger partial charge in [0.05, 0.1) is 6.61 Å². The van der Waals surface area contributed by atoms with Gasteiger partial charge in [-0.15, -0.1) is 0 Å². The molecule has 0 aliphatic rings. The molecule has 3 nitrogen and oxygen atoms in total. The highest BCUT2D eigenvalue weighted by Gasteiger charge is 1.91. The average molecular weight is 187 g/mol. The Bertz CT molecular complexity index is 79.0. The molecule has 0 bridgehead atoms. The standard InChI is InChI=1S/C10H23N2O/c11-12-9-7-5-3-1-2-4-6-8-10-13/h12H,1-11H2. The smallest absolute Gasteiger partial charge is 0.0822 e. The van der Waals surface area contributed by atoms with Crippen LogP contribution in [0.2, 0.25) is 0 Å². The summed E-state index contributed by atoms with van der Waals surface area (Å²) in [5.74, 6) is 5.14. The van der Waals surface area contributed by atoms with Crippen molar-refractivity contribution in [2.75, 3.05) is 13.2 Å². The third kappa shape index (κ3) is 11.9. The van der Waals surface area contributed by atoms with Gasteiger partial charge in [0.1, 0.15) is 0 Å². The minimum atomic E-state index is 0.0994. The Morgan fingerprint density at radius 2 is 1.23 bits per heavy atom. The molecule has 13 heavy (non-hydrogen) atoms. The van der Waals surface area contributed by atoms with E-state index in [2.05, 4.69) is 5.43 Å². The first-order valence-electron chi connectivity index (χ1n) is 5.43. The van der Waals surface area contributed by atoms with Crippen molar-refractivity contribution in [3.8, 4) is 0 Å². The Morgan fingerprint density at radius 3 is 1.69 bits per heavy atom. The lowest BCUT2D eigenvalue weighted by Crippen LogP contribution is -2.22. The van der Waals surface area contributed by atoms with Crippen molar-refractivity contribution >= 4 is 0 Å². The molecular formula is C10H23N2O. The lowest BCUT2D eigenvalue weighted by Gasteiger charge is -2.00. The number of rotatable bonds is 10. The van der Waals surface area contributed by atoms with E-state index in [-0.39, 0.29) is 6.61 Å². The summed E-state index contributed by atoms with van der Waals surface area (Å²) < 4.78 is 0. The maximum Gasteiger partial charge on any atom is 0.0822 e. The second-order valence-electron chi connectivity index (χ2n) is 3.49. The van der Waals surface area contributed by atoms with Crippen LogP contribution in [-0.4, -0.2) is 13.2 Å². The Balaban J connectivity index is 2.76. The van der Waals surface area contributed by atoms with Crippen LogP contribution in [0.5, 0.6) is 0 Å². The number of nitrogens with one attached hydrogen (secondary N) is 1. The Morgan fingerprint density at radius 1 is 0.769 bits per heavy atom. The Labute approximate surface area is 81.7 Å². The average Bonchev–Trinajstić information content (AvgIpc) is 2.16. The second kappa shape index (κ2) is 11.9. The monoisotopic (exact) mass is 187 g/mol. The molecule has 0 amide bonds. The molecule has 0 aromatic rings. The van der Waals surface area contributed by atoms with Crippen molar-refractivity contribution in [3.63, 3.8) is 0 Å². The molecule has 3 N–H and O–H groups in total. The van der Waals surface area contributed by atoms with Gasteiger partial charge in [-0.1, -0.05) is 38.5 Å². The molecule has 0 rings (SSSR count). The van der Waals surface area contributed by atoms with Crippen LogP contribution in [0.3, 0.4) is 0 Å². The van der Waals surface area contributed by atoms with Crippen LogP contribution >= 0.6 is 0 Å². The SMILES string of the molecule is NNCCCCCCCCCC[O]. The normalized spacial score (nSPS) is 10.6. The molecule has 0 heterocycles. The zero-order valence-electron chi connectivity index (χ0n) is 8.56. The minimum Gasteiger partial charge on any atom is -0.271 e. The highest BCUT2D eigenvalue weighted by atomic mass is 16.2. The third-order valence-corrected chi connectivity index (χ3v) is 2.22. The van der Waals surface area contributed by atoms with Gasteiger partial charge in [-0.2, -0.15) is 0 Å². The number of hydrogen-bond donors (Lipinski definition) is 2. The molecular weight excluding hydrogens is 164 g/mol. The lowest BCUT2D eigenvalue weighted by molar-refractivity contribution is 0.186. The summed E-state index contributed by atoms with van der Waals surface area (Å²) in [5, 5.41) is 10.1. The predicted molar refractivity (Wildman–Crippen MR) is 54.7 cm³/mol. The van der Waals surface area contributed by atoms with Crippen molar-refractivity contribution in [1.82, 2.24) is 5.43 Å². The van der Waals surface area contributed by atoms with Gasteiger partial charge in [0.15, 0.2) is 0 Å². The van der Waals surface area contributed by atoms with E-state index in [1.165, 1.54) is 38.5 Å². The topological polar surface area (TPSA) is 57.9 Å². The quantitative estimate of drug-likeness (QED) is 0.312. The molecule has 1 radical (unpaired) electrons. The van der Waals surface area contributed by atoms with E-state index >= 15 is 0 Å². The largest absolute Gasteiger partial charge is 0.271 e. The lowest BCUT2D eigenvalue weighted by atomic mass is 10.1. The fraction of sp³-hybridized carbons (Fsp3) is 1.00. The highest BCUT2D eigenvalue weighted by molar-refractivity contribution is 4.47. The molecule has 0 aliphatic heterocycles. The van der Waals surface area contributed by atoms with E-state index in [4.69, 9.17) is 5.84 Å². The molecule has 0 aromatic heterocycles. The zero-order valence-corrected chi connectivity index (χ0v) is 8.56. The summed E-state index contributed by atoms with van der Waals surface area (Å²) in [4.78, 5) is 0. The summed E-state index contributed by atoms with van der Waals surface area (Å²) in [7, 11) is 0. The summed E-state index contributed by atoms with van der Waals surface area (Å²) in [6.07, 6.45) is 9.56. The van der Waals surface area contributed by atoms with Gasteiger partial charge in [0.2, 0.25) is 0 Å². The van der Waals surface area contributed by atoms with E-state index < -0.39 is 0 Å². The second-order valence-corrected chi connectivity index (χ2v) is 3.49. The molecule has 0 atom stereocenters. The minimum absolute atomic E-state index is 0.0994. The van der Waals surface area contributed by atoms with Gasteiger partial charge in [-0.3, -0.25) is 11.3 Å².